The molecule has 0 fully saturated rings. The third-order valence-electron chi connectivity index (χ3n) is 11.4. The zero-order valence-electron chi connectivity index (χ0n) is 43.2. The molecule has 0 aromatic heterocycles. The fourth-order valence-corrected chi connectivity index (χ4v) is 8.00. The standard InChI is InChI=1S/2C29H41N2.2Fe/c2*1-18(2)24-13-11-14-25(19(3)4)28(24)30-22(9)17-23(10)31-29-26(20(5)6)15-12-16-27(29)21(7)8;;/h2*11-21H,1-10H3;;/q2*-1;;/b2*22-17-,31-23?;;. The number of nitrogens with zero attached hydrogens (tertiary/aromatic N) is 4. The van der Waals surface area contributed by atoms with Gasteiger partial charge in [-0.15, -0.1) is 11.4 Å². The second kappa shape index (κ2) is 27.1. The van der Waals surface area contributed by atoms with Gasteiger partial charge in [-0.25, -0.2) is 0 Å². The minimum Gasteiger partial charge on any atom is -0.661 e. The van der Waals surface area contributed by atoms with Crippen LogP contribution in [0, 0.1) is 0 Å². The first kappa shape index (κ1) is 58.4. The van der Waals surface area contributed by atoms with Gasteiger partial charge in [0.2, 0.25) is 0 Å². The Morgan fingerprint density at radius 3 is 0.719 bits per heavy atom. The zero-order chi connectivity index (χ0) is 46.6. The van der Waals surface area contributed by atoms with Crippen molar-refractivity contribution in [1.29, 1.82) is 0 Å². The fourth-order valence-electron chi connectivity index (χ4n) is 8.00. The summed E-state index contributed by atoms with van der Waals surface area (Å²) in [6, 6.07) is 26.3. The number of aliphatic imine (C=N–C) groups is 2. The van der Waals surface area contributed by atoms with Gasteiger partial charge in [0.15, 0.2) is 0 Å². The Morgan fingerprint density at radius 1 is 0.344 bits per heavy atom. The van der Waals surface area contributed by atoms with E-state index >= 15 is 0 Å². The van der Waals surface area contributed by atoms with Crippen LogP contribution in [0.5, 0.6) is 0 Å². The second-order valence-electron chi connectivity index (χ2n) is 19.7. The maximum atomic E-state index is 5.08. The minimum absolute atomic E-state index is 0. The molecule has 0 saturated carbocycles. The Bertz CT molecular complexity index is 1950. The van der Waals surface area contributed by atoms with Crippen molar-refractivity contribution < 1.29 is 34.1 Å². The third-order valence-corrected chi connectivity index (χ3v) is 11.4. The molecule has 0 radical (unpaired) electrons. The van der Waals surface area contributed by atoms with Crippen molar-refractivity contribution in [1.82, 2.24) is 0 Å². The van der Waals surface area contributed by atoms with Crippen LogP contribution in [0.1, 0.15) is 230 Å². The SMILES string of the molecule is CC(/C=C(/C)[N-]c1c(C(C)C)cccc1C(C)C)=Nc1c(C(C)C)cccc1C(C)C.CC(/C=C(/C)[N-]c1c(C(C)C)cccc1C(C)C)=Nc1c(C(C)C)cccc1C(C)C.[Fe].[Fe]. The van der Waals surface area contributed by atoms with Crippen LogP contribution in [0.4, 0.5) is 22.7 Å². The van der Waals surface area contributed by atoms with E-state index in [0.717, 1.165) is 45.6 Å². The van der Waals surface area contributed by atoms with E-state index in [9.17, 15) is 0 Å². The Kier molecular flexibility index (Phi) is 24.7. The number of para-hydroxylation sites is 4. The number of hydrogen-bond donors (Lipinski definition) is 0. The van der Waals surface area contributed by atoms with Crippen LogP contribution < -0.4 is 0 Å². The van der Waals surface area contributed by atoms with Crippen LogP contribution in [-0.2, 0) is 34.1 Å². The molecule has 0 aliphatic heterocycles. The molecule has 0 aliphatic rings. The van der Waals surface area contributed by atoms with Crippen LogP contribution in [-0.4, -0.2) is 11.4 Å². The van der Waals surface area contributed by atoms with Gasteiger partial charge < -0.3 is 10.6 Å². The largest absolute Gasteiger partial charge is 0.661 e. The van der Waals surface area contributed by atoms with Gasteiger partial charge in [-0.05, 0) is 83.4 Å². The Hall–Kier alpha value is -3.66. The van der Waals surface area contributed by atoms with Gasteiger partial charge >= 0.3 is 0 Å². The van der Waals surface area contributed by atoms with E-state index in [1.807, 2.05) is 0 Å². The molecule has 0 atom stereocenters. The zero-order valence-corrected chi connectivity index (χ0v) is 45.4. The molecule has 6 heteroatoms. The molecule has 0 amide bonds. The van der Waals surface area contributed by atoms with Crippen molar-refractivity contribution in [2.75, 3.05) is 0 Å². The van der Waals surface area contributed by atoms with Crippen molar-refractivity contribution in [3.8, 4) is 0 Å². The van der Waals surface area contributed by atoms with Gasteiger partial charge in [0.05, 0.1) is 11.4 Å². The summed E-state index contributed by atoms with van der Waals surface area (Å²) in [7, 11) is 0. The van der Waals surface area contributed by atoms with Gasteiger partial charge in [0.1, 0.15) is 0 Å². The molecule has 0 saturated heterocycles. The molecule has 4 rings (SSSR count). The van der Waals surface area contributed by atoms with Crippen LogP contribution in [0.3, 0.4) is 0 Å². The van der Waals surface area contributed by atoms with Crippen molar-refractivity contribution in [2.45, 2.75) is 186 Å². The van der Waals surface area contributed by atoms with E-state index in [1.54, 1.807) is 0 Å². The van der Waals surface area contributed by atoms with Gasteiger partial charge in [0.25, 0.3) is 0 Å². The molecule has 4 aromatic rings. The average molecular weight is 947 g/mol. The van der Waals surface area contributed by atoms with Crippen molar-refractivity contribution in [3.05, 3.63) is 151 Å². The summed E-state index contributed by atoms with van der Waals surface area (Å²) in [6.45, 7) is 44.1. The van der Waals surface area contributed by atoms with E-state index in [2.05, 4.69) is 223 Å². The normalized spacial score (nSPS) is 12.7. The van der Waals surface area contributed by atoms with Gasteiger partial charge in [-0.1, -0.05) is 232 Å². The third kappa shape index (κ3) is 16.3. The number of rotatable bonds is 16. The molecule has 0 heterocycles. The molecule has 0 N–H and O–H groups in total. The molecule has 0 unspecified atom stereocenters. The molecule has 352 valence electrons. The monoisotopic (exact) mass is 947 g/mol. The van der Waals surface area contributed by atoms with Gasteiger partial charge in [-0.2, -0.15) is 11.4 Å². The Balaban J connectivity index is 0.000000621. The van der Waals surface area contributed by atoms with Crippen LogP contribution in [0.2, 0.25) is 0 Å². The smallest absolute Gasteiger partial charge is 0.0701 e. The summed E-state index contributed by atoms with van der Waals surface area (Å²) in [5, 5.41) is 10.2. The van der Waals surface area contributed by atoms with E-state index in [1.165, 1.54) is 44.5 Å². The van der Waals surface area contributed by atoms with E-state index < -0.39 is 0 Å². The van der Waals surface area contributed by atoms with Crippen molar-refractivity contribution in [2.24, 2.45) is 9.98 Å². The van der Waals surface area contributed by atoms with Crippen molar-refractivity contribution >= 4 is 34.2 Å². The molecule has 0 aliphatic carbocycles. The van der Waals surface area contributed by atoms with Crippen LogP contribution in [0.25, 0.3) is 10.6 Å². The summed E-state index contributed by atoms with van der Waals surface area (Å²) in [6.07, 6.45) is 4.23. The quantitative estimate of drug-likeness (QED) is 0.0794. The second-order valence-corrected chi connectivity index (χ2v) is 19.7. The summed E-state index contributed by atoms with van der Waals surface area (Å²) < 4.78 is 0. The topological polar surface area (TPSA) is 52.9 Å². The number of allylic oxidation sites excluding steroid dienone is 4. The van der Waals surface area contributed by atoms with Gasteiger partial charge in [0, 0.05) is 45.6 Å². The molecule has 0 spiro atoms. The molecular formula is C58H82Fe2N4-2. The summed E-state index contributed by atoms with van der Waals surface area (Å²) in [5.74, 6) is 3.49. The van der Waals surface area contributed by atoms with E-state index in [0.29, 0.717) is 47.3 Å². The van der Waals surface area contributed by atoms with Gasteiger partial charge in [-0.3, -0.25) is 9.98 Å². The first-order valence-electron chi connectivity index (χ1n) is 23.5. The average Bonchev–Trinajstić information content (AvgIpc) is 3.17. The summed E-state index contributed by atoms with van der Waals surface area (Å²) in [5.41, 5.74) is 18.9. The molecule has 0 bridgehead atoms. The molecule has 64 heavy (non-hydrogen) atoms. The van der Waals surface area contributed by atoms with Crippen LogP contribution in [0.15, 0.2) is 106 Å². The van der Waals surface area contributed by atoms with E-state index in [4.69, 9.17) is 20.6 Å². The Morgan fingerprint density at radius 2 is 0.531 bits per heavy atom. The summed E-state index contributed by atoms with van der Waals surface area (Å²) >= 11 is 0. The molecule has 4 nitrogen and oxygen atoms in total. The Labute approximate surface area is 413 Å². The predicted octanol–water partition coefficient (Wildman–Crippen LogP) is 19.8. The molecule has 4 aromatic carbocycles. The maximum Gasteiger partial charge on any atom is 0.0701 e. The van der Waals surface area contributed by atoms with E-state index in [-0.39, 0.29) is 34.1 Å². The first-order valence-corrected chi connectivity index (χ1v) is 23.5. The summed E-state index contributed by atoms with van der Waals surface area (Å²) in [4.78, 5) is 10.2. The predicted molar refractivity (Wildman–Crippen MR) is 278 cm³/mol. The maximum absolute atomic E-state index is 5.08. The van der Waals surface area contributed by atoms with Crippen LogP contribution >= 0.6 is 0 Å². The molecular weight excluding hydrogens is 864 g/mol. The van der Waals surface area contributed by atoms with Crippen molar-refractivity contribution in [3.63, 3.8) is 0 Å². The number of hydrogen-bond acceptors (Lipinski definition) is 2. The number of benzene rings is 4. The fraction of sp³-hybridized carbons (Fsp3) is 0.483. The first-order chi connectivity index (χ1) is 29.0. The minimum atomic E-state index is 0.